The molecular weight excluding hydrogens is 371 g/mol. The van der Waals surface area contributed by atoms with Crippen molar-refractivity contribution < 1.29 is 22.6 Å². The quantitative estimate of drug-likeness (QED) is 0.475. The Balaban J connectivity index is 1.54. The van der Waals surface area contributed by atoms with Crippen molar-refractivity contribution in [2.24, 2.45) is 4.99 Å². The summed E-state index contributed by atoms with van der Waals surface area (Å²) in [5, 5.41) is 3.15. The van der Waals surface area contributed by atoms with Crippen LogP contribution in [0.1, 0.15) is 24.0 Å². The van der Waals surface area contributed by atoms with Crippen LogP contribution in [-0.4, -0.2) is 63.0 Å². The molecule has 0 bridgehead atoms. The molecule has 0 radical (unpaired) electrons. The molecule has 2 heterocycles. The van der Waals surface area contributed by atoms with E-state index in [4.69, 9.17) is 9.47 Å². The zero-order chi connectivity index (χ0) is 20.0. The molecule has 2 atom stereocenters. The van der Waals surface area contributed by atoms with E-state index in [1.54, 1.807) is 13.1 Å². The lowest BCUT2D eigenvalue weighted by molar-refractivity contribution is -0.137. The van der Waals surface area contributed by atoms with Gasteiger partial charge in [0.05, 0.1) is 24.8 Å². The molecule has 28 heavy (non-hydrogen) atoms. The molecule has 0 saturated carbocycles. The van der Waals surface area contributed by atoms with Crippen LogP contribution in [-0.2, 0) is 15.7 Å². The molecule has 0 spiro atoms. The van der Waals surface area contributed by atoms with Crippen LogP contribution >= 0.6 is 0 Å². The number of aliphatic imine (C=N–C) groups is 1. The van der Waals surface area contributed by atoms with Crippen LogP contribution in [0, 0.1) is 11.8 Å². The Kier molecular flexibility index (Phi) is 6.81. The Morgan fingerprint density at radius 3 is 2.82 bits per heavy atom. The highest BCUT2D eigenvalue weighted by Gasteiger charge is 2.32. The molecule has 2 unspecified atom stereocenters. The second kappa shape index (κ2) is 9.30. The molecule has 3 rings (SSSR count). The molecule has 8 heteroatoms. The SMILES string of the molecule is CN=C(NCC#Cc1cccc(C(F)(F)F)c1)N1CCOC(C2CCCO2)C1. The Bertz CT molecular complexity index is 749. The third-order valence-electron chi connectivity index (χ3n) is 4.74. The van der Waals surface area contributed by atoms with Crippen LogP contribution in [0.25, 0.3) is 0 Å². The van der Waals surface area contributed by atoms with Gasteiger partial charge in [0.1, 0.15) is 6.10 Å². The van der Waals surface area contributed by atoms with E-state index in [0.717, 1.165) is 31.6 Å². The fourth-order valence-corrected chi connectivity index (χ4v) is 3.36. The van der Waals surface area contributed by atoms with Crippen LogP contribution in [0.5, 0.6) is 0 Å². The average Bonchev–Trinajstić information content (AvgIpc) is 3.23. The molecule has 1 aromatic carbocycles. The van der Waals surface area contributed by atoms with Gasteiger partial charge in [0.25, 0.3) is 0 Å². The first-order valence-corrected chi connectivity index (χ1v) is 9.32. The van der Waals surface area contributed by atoms with E-state index < -0.39 is 11.7 Å². The summed E-state index contributed by atoms with van der Waals surface area (Å²) in [6.07, 6.45) is -2.16. The van der Waals surface area contributed by atoms with Crippen molar-refractivity contribution in [1.82, 2.24) is 10.2 Å². The van der Waals surface area contributed by atoms with Gasteiger partial charge >= 0.3 is 6.18 Å². The van der Waals surface area contributed by atoms with Crippen molar-refractivity contribution in [3.05, 3.63) is 35.4 Å². The Morgan fingerprint density at radius 1 is 1.29 bits per heavy atom. The van der Waals surface area contributed by atoms with E-state index in [2.05, 4.69) is 27.0 Å². The summed E-state index contributed by atoms with van der Waals surface area (Å²) in [6, 6.07) is 5.01. The number of ether oxygens (including phenoxy) is 2. The predicted molar refractivity (Wildman–Crippen MR) is 100.0 cm³/mol. The monoisotopic (exact) mass is 395 g/mol. The summed E-state index contributed by atoms with van der Waals surface area (Å²) in [6.45, 7) is 3.06. The Labute approximate surface area is 162 Å². The van der Waals surface area contributed by atoms with Gasteiger partial charge in [-0.1, -0.05) is 17.9 Å². The summed E-state index contributed by atoms with van der Waals surface area (Å²) in [7, 11) is 1.69. The fourth-order valence-electron chi connectivity index (χ4n) is 3.36. The fraction of sp³-hybridized carbons (Fsp3) is 0.550. The van der Waals surface area contributed by atoms with Gasteiger partial charge in [0.2, 0.25) is 0 Å². The summed E-state index contributed by atoms with van der Waals surface area (Å²) < 4.78 is 49.8. The van der Waals surface area contributed by atoms with Crippen molar-refractivity contribution in [3.8, 4) is 11.8 Å². The molecule has 2 saturated heterocycles. The van der Waals surface area contributed by atoms with Crippen molar-refractivity contribution in [2.45, 2.75) is 31.2 Å². The lowest BCUT2D eigenvalue weighted by Crippen LogP contribution is -2.53. The van der Waals surface area contributed by atoms with E-state index in [1.807, 2.05) is 0 Å². The summed E-state index contributed by atoms with van der Waals surface area (Å²) in [5.41, 5.74) is -0.368. The maximum Gasteiger partial charge on any atom is 0.416 e. The van der Waals surface area contributed by atoms with Gasteiger partial charge in [0.15, 0.2) is 5.96 Å². The first kappa shape index (κ1) is 20.5. The number of alkyl halides is 3. The summed E-state index contributed by atoms with van der Waals surface area (Å²) >= 11 is 0. The number of hydrogen-bond acceptors (Lipinski definition) is 3. The molecule has 0 aromatic heterocycles. The van der Waals surface area contributed by atoms with E-state index in [-0.39, 0.29) is 18.8 Å². The average molecular weight is 395 g/mol. The van der Waals surface area contributed by atoms with E-state index in [1.165, 1.54) is 6.07 Å². The zero-order valence-corrected chi connectivity index (χ0v) is 15.8. The summed E-state index contributed by atoms with van der Waals surface area (Å²) in [4.78, 5) is 6.38. The predicted octanol–water partition coefficient (Wildman–Crippen LogP) is 2.51. The van der Waals surface area contributed by atoms with Gasteiger partial charge in [-0.25, -0.2) is 0 Å². The number of benzene rings is 1. The lowest BCUT2D eigenvalue weighted by Gasteiger charge is -2.36. The smallest absolute Gasteiger partial charge is 0.375 e. The number of morpholine rings is 1. The van der Waals surface area contributed by atoms with Crippen molar-refractivity contribution >= 4 is 5.96 Å². The van der Waals surface area contributed by atoms with Gasteiger partial charge in [-0.15, -0.1) is 0 Å². The number of rotatable bonds is 2. The van der Waals surface area contributed by atoms with Gasteiger partial charge in [-0.2, -0.15) is 13.2 Å². The Hall–Kier alpha value is -2.24. The van der Waals surface area contributed by atoms with Crippen LogP contribution in [0.3, 0.4) is 0 Å². The maximum atomic E-state index is 12.8. The second-order valence-corrected chi connectivity index (χ2v) is 6.69. The normalized spacial score (nSPS) is 23.3. The van der Waals surface area contributed by atoms with Gasteiger partial charge in [-0.05, 0) is 31.0 Å². The molecule has 2 fully saturated rings. The van der Waals surface area contributed by atoms with Gasteiger partial charge in [-0.3, -0.25) is 4.99 Å². The zero-order valence-electron chi connectivity index (χ0n) is 15.8. The van der Waals surface area contributed by atoms with Crippen molar-refractivity contribution in [1.29, 1.82) is 0 Å². The second-order valence-electron chi connectivity index (χ2n) is 6.69. The minimum atomic E-state index is -4.37. The molecule has 2 aliphatic rings. The topological polar surface area (TPSA) is 46.1 Å². The van der Waals surface area contributed by atoms with Crippen molar-refractivity contribution in [3.63, 3.8) is 0 Å². The van der Waals surface area contributed by atoms with E-state index >= 15 is 0 Å². The van der Waals surface area contributed by atoms with Crippen LogP contribution in [0.15, 0.2) is 29.3 Å². The third-order valence-corrected chi connectivity index (χ3v) is 4.74. The number of guanidine groups is 1. The van der Waals surface area contributed by atoms with Crippen LogP contribution in [0.2, 0.25) is 0 Å². The van der Waals surface area contributed by atoms with E-state index in [0.29, 0.717) is 31.2 Å². The molecule has 152 valence electrons. The Morgan fingerprint density at radius 2 is 2.11 bits per heavy atom. The van der Waals surface area contributed by atoms with E-state index in [9.17, 15) is 13.2 Å². The molecule has 5 nitrogen and oxygen atoms in total. The molecular formula is C20H24F3N3O2. The van der Waals surface area contributed by atoms with Crippen molar-refractivity contribution in [2.75, 3.05) is 39.9 Å². The third kappa shape index (κ3) is 5.40. The first-order valence-electron chi connectivity index (χ1n) is 9.32. The largest absolute Gasteiger partial charge is 0.416 e. The number of halogens is 3. The molecule has 0 amide bonds. The minimum Gasteiger partial charge on any atom is -0.375 e. The number of nitrogens with zero attached hydrogens (tertiary/aromatic N) is 2. The molecule has 2 aliphatic heterocycles. The highest BCUT2D eigenvalue weighted by molar-refractivity contribution is 5.80. The molecule has 0 aliphatic carbocycles. The minimum absolute atomic E-state index is 0.0194. The van der Waals surface area contributed by atoms with Gasteiger partial charge < -0.3 is 19.7 Å². The summed E-state index contributed by atoms with van der Waals surface area (Å²) in [5.74, 6) is 6.32. The van der Waals surface area contributed by atoms with Crippen LogP contribution < -0.4 is 5.32 Å². The lowest BCUT2D eigenvalue weighted by atomic mass is 10.1. The molecule has 1 N–H and O–H groups in total. The standard InChI is InChI=1S/C20H24F3N3O2/c1-24-19(26-10-12-28-18(14-26)17-8-4-11-27-17)25-9-3-6-15-5-2-7-16(13-15)20(21,22)23/h2,5,7,13,17-18H,4,8-12,14H2,1H3,(H,24,25). The maximum absolute atomic E-state index is 12.8. The molecule has 1 aromatic rings. The number of hydrogen-bond donors (Lipinski definition) is 1. The highest BCUT2D eigenvalue weighted by Crippen LogP contribution is 2.29. The van der Waals surface area contributed by atoms with Crippen LogP contribution in [0.4, 0.5) is 13.2 Å². The highest BCUT2D eigenvalue weighted by atomic mass is 19.4. The first-order chi connectivity index (χ1) is 13.5. The van der Waals surface area contributed by atoms with Gasteiger partial charge in [0, 0.05) is 32.3 Å². The number of nitrogens with one attached hydrogen (secondary N) is 1.